The van der Waals surface area contributed by atoms with Gasteiger partial charge in [0.2, 0.25) is 5.91 Å². The van der Waals surface area contributed by atoms with Crippen LogP contribution in [0.2, 0.25) is 0 Å². The van der Waals surface area contributed by atoms with Crippen LogP contribution in [-0.4, -0.2) is 56.7 Å². The van der Waals surface area contributed by atoms with Crippen LogP contribution in [0.1, 0.15) is 85.0 Å². The molecule has 7 nitrogen and oxygen atoms in total. The van der Waals surface area contributed by atoms with E-state index in [1.54, 1.807) is 0 Å². The van der Waals surface area contributed by atoms with Gasteiger partial charge in [-0.25, -0.2) is 0 Å². The Morgan fingerprint density at radius 3 is 2.48 bits per heavy atom. The minimum absolute atomic E-state index is 0.165. The molecule has 10 atom stereocenters. The van der Waals surface area contributed by atoms with E-state index >= 15 is 0 Å². The normalized spacial score (nSPS) is 47.7. The second-order valence-electron chi connectivity index (χ2n) is 12.3. The van der Waals surface area contributed by atoms with Gasteiger partial charge in [0.15, 0.2) is 0 Å². The first kappa shape index (κ1) is 24.9. The van der Waals surface area contributed by atoms with Crippen molar-refractivity contribution in [2.24, 2.45) is 40.4 Å². The fraction of sp³-hybridized carbons (Fsp3) is 0.923. The third kappa shape index (κ3) is 4.02. The van der Waals surface area contributed by atoms with Crippen LogP contribution in [0.3, 0.4) is 0 Å². The van der Waals surface area contributed by atoms with Gasteiger partial charge in [-0.2, -0.15) is 0 Å². The van der Waals surface area contributed by atoms with E-state index in [0.29, 0.717) is 48.9 Å². The number of carbonyl (C=O) groups is 2. The number of nitrogens with one attached hydrogen (secondary N) is 1. The third-order valence-electron chi connectivity index (χ3n) is 10.9. The van der Waals surface area contributed by atoms with E-state index in [-0.39, 0.29) is 29.7 Å². The Hall–Kier alpha value is -1.18. The second kappa shape index (κ2) is 8.80. The average molecular weight is 466 g/mol. The summed E-state index contributed by atoms with van der Waals surface area (Å²) in [5, 5.41) is 44.2. The molecule has 1 amide bonds. The van der Waals surface area contributed by atoms with Gasteiger partial charge in [-0.3, -0.25) is 9.59 Å². The summed E-state index contributed by atoms with van der Waals surface area (Å²) in [6.45, 7) is 6.47. The van der Waals surface area contributed by atoms with Gasteiger partial charge in [-0.05, 0) is 86.4 Å². The molecule has 5 N–H and O–H groups in total. The van der Waals surface area contributed by atoms with Crippen LogP contribution in [0.15, 0.2) is 0 Å². The van der Waals surface area contributed by atoms with E-state index in [2.05, 4.69) is 26.1 Å². The number of hydrogen-bond acceptors (Lipinski definition) is 5. The van der Waals surface area contributed by atoms with Crippen molar-refractivity contribution in [2.45, 2.75) is 103 Å². The third-order valence-corrected chi connectivity index (χ3v) is 10.9. The zero-order chi connectivity index (χ0) is 24.2. The lowest BCUT2D eigenvalue weighted by molar-refractivity contribution is -0.264. The highest BCUT2D eigenvalue weighted by Crippen LogP contribution is 2.69. The summed E-state index contributed by atoms with van der Waals surface area (Å²) in [5.41, 5.74) is -1.39. The van der Waals surface area contributed by atoms with E-state index in [0.717, 1.165) is 38.5 Å². The fourth-order valence-electron chi connectivity index (χ4n) is 9.06. The minimum atomic E-state index is -1.20. The molecule has 0 aromatic heterocycles. The molecule has 4 saturated carbocycles. The monoisotopic (exact) mass is 465 g/mol. The van der Waals surface area contributed by atoms with Crippen molar-refractivity contribution in [3.63, 3.8) is 0 Å². The molecular weight excluding hydrogens is 422 g/mol. The van der Waals surface area contributed by atoms with E-state index in [4.69, 9.17) is 5.11 Å². The molecule has 0 aromatic carbocycles. The zero-order valence-electron chi connectivity index (χ0n) is 20.4. The maximum Gasteiger partial charge on any atom is 0.322 e. The molecule has 4 aliphatic rings. The summed E-state index contributed by atoms with van der Waals surface area (Å²) < 4.78 is 0. The summed E-state index contributed by atoms with van der Waals surface area (Å²) in [6, 6.07) is 0. The molecule has 0 aliphatic heterocycles. The van der Waals surface area contributed by atoms with Crippen molar-refractivity contribution in [3.8, 4) is 0 Å². The number of aliphatic hydroxyl groups excluding tert-OH is 2. The van der Waals surface area contributed by atoms with Gasteiger partial charge in [-0.1, -0.05) is 20.8 Å². The minimum Gasteiger partial charge on any atom is -0.480 e. The van der Waals surface area contributed by atoms with Gasteiger partial charge < -0.3 is 25.7 Å². The number of fused-ring (bicyclic) bond motifs is 5. The largest absolute Gasteiger partial charge is 0.480 e. The maximum absolute atomic E-state index is 12.0. The Kier molecular flexibility index (Phi) is 6.64. The Balaban J connectivity index is 1.46. The summed E-state index contributed by atoms with van der Waals surface area (Å²) in [4.78, 5) is 22.7. The molecule has 4 fully saturated rings. The summed E-state index contributed by atoms with van der Waals surface area (Å²) in [7, 11) is 0. The quantitative estimate of drug-likeness (QED) is 0.410. The van der Waals surface area contributed by atoms with Crippen molar-refractivity contribution in [1.29, 1.82) is 0 Å². The lowest BCUT2D eigenvalue weighted by Crippen LogP contribution is -2.68. The van der Waals surface area contributed by atoms with Crippen LogP contribution in [-0.2, 0) is 9.59 Å². The van der Waals surface area contributed by atoms with E-state index in [1.165, 1.54) is 0 Å². The van der Waals surface area contributed by atoms with Crippen molar-refractivity contribution in [2.75, 3.05) is 6.54 Å². The van der Waals surface area contributed by atoms with Gasteiger partial charge >= 0.3 is 5.97 Å². The molecule has 4 rings (SSSR count). The predicted molar refractivity (Wildman–Crippen MR) is 123 cm³/mol. The van der Waals surface area contributed by atoms with Crippen molar-refractivity contribution < 1.29 is 30.0 Å². The van der Waals surface area contributed by atoms with Gasteiger partial charge in [0.1, 0.15) is 6.54 Å². The molecule has 7 heteroatoms. The Labute approximate surface area is 197 Å². The number of hydrogen-bond donors (Lipinski definition) is 5. The van der Waals surface area contributed by atoms with Crippen LogP contribution in [0, 0.1) is 40.4 Å². The van der Waals surface area contributed by atoms with Gasteiger partial charge in [0.05, 0.1) is 17.8 Å². The fourth-order valence-corrected chi connectivity index (χ4v) is 9.06. The lowest BCUT2D eigenvalue weighted by Gasteiger charge is -2.65. The van der Waals surface area contributed by atoms with Crippen LogP contribution >= 0.6 is 0 Å². The predicted octanol–water partition coefficient (Wildman–Crippen LogP) is 2.71. The Bertz CT molecular complexity index is 774. The molecule has 0 saturated heterocycles. The highest BCUT2D eigenvalue weighted by molar-refractivity contribution is 5.81. The highest BCUT2D eigenvalue weighted by atomic mass is 16.4. The topological polar surface area (TPSA) is 127 Å². The summed E-state index contributed by atoms with van der Waals surface area (Å²) in [5.74, 6) is 0.916. The molecule has 4 aliphatic carbocycles. The van der Waals surface area contributed by atoms with Gasteiger partial charge in [0.25, 0.3) is 0 Å². The smallest absolute Gasteiger partial charge is 0.322 e. The van der Waals surface area contributed by atoms with Crippen molar-refractivity contribution in [3.05, 3.63) is 0 Å². The molecular formula is C26H43NO6. The number of amides is 1. The van der Waals surface area contributed by atoms with E-state index < -0.39 is 23.8 Å². The molecule has 0 heterocycles. The average Bonchev–Trinajstić information content (AvgIpc) is 3.10. The molecule has 0 spiro atoms. The van der Waals surface area contributed by atoms with Crippen LogP contribution in [0.5, 0.6) is 0 Å². The first-order valence-corrected chi connectivity index (χ1v) is 13.0. The van der Waals surface area contributed by atoms with Crippen LogP contribution in [0.25, 0.3) is 0 Å². The number of carboxylic acids is 1. The first-order valence-electron chi connectivity index (χ1n) is 13.0. The first-order chi connectivity index (χ1) is 15.4. The van der Waals surface area contributed by atoms with E-state index in [9.17, 15) is 24.9 Å². The molecule has 0 bridgehead atoms. The number of carbonyl (C=O) groups excluding carboxylic acids is 1. The van der Waals surface area contributed by atoms with Crippen molar-refractivity contribution >= 4 is 11.9 Å². The highest BCUT2D eigenvalue weighted by Gasteiger charge is 2.67. The number of carboxylic acid groups (broad SMARTS) is 1. The van der Waals surface area contributed by atoms with Crippen molar-refractivity contribution in [1.82, 2.24) is 5.32 Å². The van der Waals surface area contributed by atoms with Gasteiger partial charge in [0, 0.05) is 18.3 Å². The lowest BCUT2D eigenvalue weighted by atomic mass is 9.42. The zero-order valence-corrected chi connectivity index (χ0v) is 20.4. The molecule has 0 radical (unpaired) electrons. The molecule has 0 aromatic rings. The van der Waals surface area contributed by atoms with Crippen LogP contribution < -0.4 is 5.32 Å². The van der Waals surface area contributed by atoms with Crippen LogP contribution in [0.4, 0.5) is 0 Å². The molecule has 0 unspecified atom stereocenters. The molecule has 33 heavy (non-hydrogen) atoms. The number of rotatable bonds is 6. The number of aliphatic carboxylic acids is 1. The van der Waals surface area contributed by atoms with E-state index in [1.807, 2.05) is 0 Å². The molecule has 188 valence electrons. The van der Waals surface area contributed by atoms with Gasteiger partial charge in [-0.15, -0.1) is 0 Å². The standard InChI is InChI=1S/C26H43NO6/c1-15(4-7-22(30)27-14-23(31)32)18-5-6-19-17-12-21(29)26(33)13-16(28)8-11-25(26,3)20(17)9-10-24(18,19)2/h15-21,28-29,33H,4-14H2,1-3H3,(H,27,30)(H,31,32)/t15-,16+,17+,18-,19+,20+,21-,24-,25-,26+/m1/s1. The summed E-state index contributed by atoms with van der Waals surface area (Å²) in [6.07, 6.45) is 6.52. The Morgan fingerprint density at radius 2 is 1.79 bits per heavy atom. The Morgan fingerprint density at radius 1 is 1.06 bits per heavy atom. The maximum atomic E-state index is 12.0. The number of aliphatic hydroxyl groups is 3. The second-order valence-corrected chi connectivity index (χ2v) is 12.3. The summed E-state index contributed by atoms with van der Waals surface area (Å²) >= 11 is 0. The SMILES string of the molecule is C[C@H](CCC(=O)NCC(=O)O)[C@H]1CC[C@H]2[C@@H]3C[C@@H](O)[C@@]4(O)C[C@@H](O)CC[C@]4(C)[C@H]3CC[C@]12C.